The van der Waals surface area contributed by atoms with E-state index in [2.05, 4.69) is 5.10 Å². The summed E-state index contributed by atoms with van der Waals surface area (Å²) in [6, 6.07) is 0. The predicted molar refractivity (Wildman–Crippen MR) is 73.8 cm³/mol. The summed E-state index contributed by atoms with van der Waals surface area (Å²) in [5, 5.41) is 12.8. The number of nitrogens with zero attached hydrogens (tertiary/aromatic N) is 3. The first kappa shape index (κ1) is 14.3. The van der Waals surface area contributed by atoms with Crippen molar-refractivity contribution in [2.45, 2.75) is 19.3 Å². The highest BCUT2D eigenvalue weighted by molar-refractivity contribution is 5.91. The molecule has 2 rings (SSSR count). The van der Waals surface area contributed by atoms with Gasteiger partial charge in [-0.2, -0.15) is 5.10 Å². The Morgan fingerprint density at radius 1 is 1.55 bits per heavy atom. The zero-order valence-corrected chi connectivity index (χ0v) is 11.5. The number of amides is 1. The average Bonchev–Trinajstić information content (AvgIpc) is 2.81. The molecule has 1 amide bonds. The molecule has 0 spiro atoms. The lowest BCUT2D eigenvalue weighted by atomic mass is 9.95. The van der Waals surface area contributed by atoms with Crippen LogP contribution in [0.25, 0.3) is 6.08 Å². The van der Waals surface area contributed by atoms with Crippen molar-refractivity contribution >= 4 is 18.0 Å². The number of carbonyl (C=O) groups is 2. The number of hydrogen-bond acceptors (Lipinski definition) is 3. The molecule has 2 heterocycles. The molecule has 1 saturated heterocycles. The Hall–Kier alpha value is -2.11. The van der Waals surface area contributed by atoms with E-state index in [0.29, 0.717) is 13.1 Å². The molecule has 6 nitrogen and oxygen atoms in total. The third kappa shape index (κ3) is 3.94. The van der Waals surface area contributed by atoms with Gasteiger partial charge in [-0.05, 0) is 24.8 Å². The standard InChI is InChI=1S/C14H19N3O3/c1-16-9-12(8-15-16)4-5-13(18)17-6-2-3-11(10-17)7-14(19)20/h4-5,8-9,11H,2-3,6-7,10H2,1H3,(H,19,20). The van der Waals surface area contributed by atoms with E-state index in [1.165, 1.54) is 6.08 Å². The molecule has 0 bridgehead atoms. The van der Waals surface area contributed by atoms with Crippen molar-refractivity contribution in [1.29, 1.82) is 0 Å². The van der Waals surface area contributed by atoms with Crippen LogP contribution in [0.5, 0.6) is 0 Å². The Balaban J connectivity index is 1.91. The molecular formula is C14H19N3O3. The molecule has 1 atom stereocenters. The Labute approximate surface area is 117 Å². The summed E-state index contributed by atoms with van der Waals surface area (Å²) in [6.07, 6.45) is 8.65. The molecule has 0 aliphatic carbocycles. The van der Waals surface area contributed by atoms with Crippen LogP contribution >= 0.6 is 0 Å². The van der Waals surface area contributed by atoms with E-state index >= 15 is 0 Å². The van der Waals surface area contributed by atoms with E-state index in [1.54, 1.807) is 21.9 Å². The van der Waals surface area contributed by atoms with E-state index < -0.39 is 5.97 Å². The van der Waals surface area contributed by atoms with Gasteiger partial charge in [0.15, 0.2) is 0 Å². The molecule has 0 aromatic carbocycles. The van der Waals surface area contributed by atoms with Crippen LogP contribution in [0.1, 0.15) is 24.8 Å². The van der Waals surface area contributed by atoms with Crippen molar-refractivity contribution in [1.82, 2.24) is 14.7 Å². The first-order valence-corrected chi connectivity index (χ1v) is 6.72. The fraction of sp³-hybridized carbons (Fsp3) is 0.500. The number of carbonyl (C=O) groups excluding carboxylic acids is 1. The number of rotatable bonds is 4. The molecule has 0 saturated carbocycles. The van der Waals surface area contributed by atoms with Gasteiger partial charge in [-0.15, -0.1) is 0 Å². The molecule has 108 valence electrons. The van der Waals surface area contributed by atoms with E-state index in [9.17, 15) is 9.59 Å². The van der Waals surface area contributed by atoms with Gasteiger partial charge in [0.2, 0.25) is 5.91 Å². The second-order valence-electron chi connectivity index (χ2n) is 5.17. The van der Waals surface area contributed by atoms with Gasteiger partial charge in [-0.25, -0.2) is 0 Å². The van der Waals surface area contributed by atoms with Gasteiger partial charge in [0.1, 0.15) is 0 Å². The molecule has 20 heavy (non-hydrogen) atoms. The van der Waals surface area contributed by atoms with Gasteiger partial charge in [0, 0.05) is 44.4 Å². The highest BCUT2D eigenvalue weighted by atomic mass is 16.4. The number of carboxylic acid groups (broad SMARTS) is 1. The zero-order valence-electron chi connectivity index (χ0n) is 11.5. The van der Waals surface area contributed by atoms with Crippen LogP contribution in [0.2, 0.25) is 0 Å². The first-order chi connectivity index (χ1) is 9.54. The summed E-state index contributed by atoms with van der Waals surface area (Å²) in [7, 11) is 1.82. The van der Waals surface area contributed by atoms with Crippen LogP contribution in [0, 0.1) is 5.92 Å². The minimum absolute atomic E-state index is 0.0658. The maximum absolute atomic E-state index is 12.1. The molecule has 1 aromatic rings. The van der Waals surface area contributed by atoms with Crippen molar-refractivity contribution < 1.29 is 14.7 Å². The SMILES string of the molecule is Cn1cc(C=CC(=O)N2CCCC(CC(=O)O)C2)cn1. The van der Waals surface area contributed by atoms with Crippen molar-refractivity contribution in [2.24, 2.45) is 13.0 Å². The molecule has 6 heteroatoms. The van der Waals surface area contributed by atoms with Gasteiger partial charge in [0.25, 0.3) is 0 Å². The van der Waals surface area contributed by atoms with Crippen molar-refractivity contribution in [3.63, 3.8) is 0 Å². The van der Waals surface area contributed by atoms with Crippen LogP contribution in [-0.4, -0.2) is 44.8 Å². The Morgan fingerprint density at radius 3 is 3.00 bits per heavy atom. The predicted octanol–water partition coefficient (Wildman–Crippen LogP) is 1.15. The van der Waals surface area contributed by atoms with Crippen molar-refractivity contribution in [3.05, 3.63) is 24.0 Å². The molecule has 1 aromatic heterocycles. The Morgan fingerprint density at radius 2 is 2.35 bits per heavy atom. The second-order valence-corrected chi connectivity index (χ2v) is 5.17. The number of carboxylic acids is 1. The minimum Gasteiger partial charge on any atom is -0.481 e. The lowest BCUT2D eigenvalue weighted by molar-refractivity contribution is -0.139. The quantitative estimate of drug-likeness (QED) is 0.838. The minimum atomic E-state index is -0.796. The lowest BCUT2D eigenvalue weighted by Crippen LogP contribution is -2.39. The monoisotopic (exact) mass is 277 g/mol. The second kappa shape index (κ2) is 6.36. The average molecular weight is 277 g/mol. The van der Waals surface area contributed by atoms with Crippen LogP contribution in [0.3, 0.4) is 0 Å². The largest absolute Gasteiger partial charge is 0.481 e. The van der Waals surface area contributed by atoms with Crippen LogP contribution < -0.4 is 0 Å². The first-order valence-electron chi connectivity index (χ1n) is 6.72. The fourth-order valence-corrected chi connectivity index (χ4v) is 2.48. The Kier molecular flexibility index (Phi) is 4.55. The maximum atomic E-state index is 12.1. The molecule has 1 aliphatic heterocycles. The van der Waals surface area contributed by atoms with E-state index in [1.807, 2.05) is 13.2 Å². The van der Waals surface area contributed by atoms with Crippen LogP contribution in [0.4, 0.5) is 0 Å². The van der Waals surface area contributed by atoms with E-state index in [0.717, 1.165) is 18.4 Å². The summed E-state index contributed by atoms with van der Waals surface area (Å²) in [4.78, 5) is 24.5. The number of aryl methyl sites for hydroxylation is 1. The number of piperidine rings is 1. The lowest BCUT2D eigenvalue weighted by Gasteiger charge is -2.31. The van der Waals surface area contributed by atoms with Gasteiger partial charge >= 0.3 is 5.97 Å². The van der Waals surface area contributed by atoms with Gasteiger partial charge in [-0.1, -0.05) is 0 Å². The topological polar surface area (TPSA) is 75.4 Å². The highest BCUT2D eigenvalue weighted by Gasteiger charge is 2.23. The summed E-state index contributed by atoms with van der Waals surface area (Å²) in [5.74, 6) is -0.795. The third-order valence-electron chi connectivity index (χ3n) is 3.44. The molecule has 1 unspecified atom stereocenters. The summed E-state index contributed by atoms with van der Waals surface area (Å²) in [6.45, 7) is 1.23. The Bertz CT molecular complexity index is 521. The fourth-order valence-electron chi connectivity index (χ4n) is 2.48. The number of aliphatic carboxylic acids is 1. The molecule has 1 N–H and O–H groups in total. The van der Waals surface area contributed by atoms with Crippen molar-refractivity contribution in [3.8, 4) is 0 Å². The molecule has 0 radical (unpaired) electrons. The zero-order chi connectivity index (χ0) is 14.5. The summed E-state index contributed by atoms with van der Waals surface area (Å²) < 4.78 is 1.67. The molecular weight excluding hydrogens is 258 g/mol. The number of aromatic nitrogens is 2. The highest BCUT2D eigenvalue weighted by Crippen LogP contribution is 2.20. The van der Waals surface area contributed by atoms with E-state index in [4.69, 9.17) is 5.11 Å². The smallest absolute Gasteiger partial charge is 0.303 e. The molecule has 1 fully saturated rings. The molecule has 1 aliphatic rings. The van der Waals surface area contributed by atoms with Crippen molar-refractivity contribution in [2.75, 3.05) is 13.1 Å². The van der Waals surface area contributed by atoms with E-state index in [-0.39, 0.29) is 18.2 Å². The normalized spacial score (nSPS) is 19.4. The summed E-state index contributed by atoms with van der Waals surface area (Å²) >= 11 is 0. The van der Waals surface area contributed by atoms with Gasteiger partial charge in [0.05, 0.1) is 6.20 Å². The maximum Gasteiger partial charge on any atom is 0.303 e. The van der Waals surface area contributed by atoms with Gasteiger partial charge < -0.3 is 10.0 Å². The van der Waals surface area contributed by atoms with Crippen LogP contribution in [-0.2, 0) is 16.6 Å². The van der Waals surface area contributed by atoms with Gasteiger partial charge in [-0.3, -0.25) is 14.3 Å². The summed E-state index contributed by atoms with van der Waals surface area (Å²) in [5.41, 5.74) is 0.875. The number of hydrogen-bond donors (Lipinski definition) is 1. The third-order valence-corrected chi connectivity index (χ3v) is 3.44. The number of likely N-dealkylation sites (tertiary alicyclic amines) is 1. The van der Waals surface area contributed by atoms with Crippen LogP contribution in [0.15, 0.2) is 18.5 Å².